The lowest BCUT2D eigenvalue weighted by Crippen LogP contribution is -2.27. The third kappa shape index (κ3) is 5.11. The predicted octanol–water partition coefficient (Wildman–Crippen LogP) is 2.88. The van der Waals surface area contributed by atoms with E-state index in [4.69, 9.17) is 5.73 Å². The van der Waals surface area contributed by atoms with Gasteiger partial charge in [-0.2, -0.15) is 0 Å². The van der Waals surface area contributed by atoms with Crippen LogP contribution in [0.1, 0.15) is 45.3 Å². The van der Waals surface area contributed by atoms with Gasteiger partial charge in [0.2, 0.25) is 11.8 Å². The molecule has 2 amide bonds. The lowest BCUT2D eigenvalue weighted by Gasteiger charge is -2.23. The molecule has 0 fully saturated rings. The smallest absolute Gasteiger partial charge is 0.248 e. The van der Waals surface area contributed by atoms with E-state index in [1.165, 1.54) is 4.88 Å². The maximum Gasteiger partial charge on any atom is 0.248 e. The highest BCUT2D eigenvalue weighted by Crippen LogP contribution is 2.26. The second kappa shape index (κ2) is 8.22. The van der Waals surface area contributed by atoms with Crippen molar-refractivity contribution < 1.29 is 9.59 Å². The molecule has 0 spiro atoms. The quantitative estimate of drug-likeness (QED) is 0.795. The first-order valence-corrected chi connectivity index (χ1v) is 8.93. The molecule has 2 aromatic rings. The first kappa shape index (κ1) is 19.1. The number of aryl methyl sites for hydroxylation is 2. The summed E-state index contributed by atoms with van der Waals surface area (Å²) in [5.41, 5.74) is 7.34. The summed E-state index contributed by atoms with van der Waals surface area (Å²) in [6.07, 6.45) is 0.376. The molecule has 25 heavy (non-hydrogen) atoms. The number of anilines is 1. The van der Waals surface area contributed by atoms with Crippen LogP contribution in [-0.2, 0) is 4.79 Å². The van der Waals surface area contributed by atoms with Crippen molar-refractivity contribution in [3.8, 4) is 0 Å². The van der Waals surface area contributed by atoms with Crippen LogP contribution in [-0.4, -0.2) is 35.3 Å². The van der Waals surface area contributed by atoms with Gasteiger partial charge in [0.1, 0.15) is 0 Å². The van der Waals surface area contributed by atoms with Crippen LogP contribution in [0.4, 0.5) is 5.69 Å². The topological polar surface area (TPSA) is 88.3 Å². The van der Waals surface area contributed by atoms with Crippen LogP contribution in [0, 0.1) is 13.8 Å². The minimum absolute atomic E-state index is 0.0722. The van der Waals surface area contributed by atoms with Crippen LogP contribution in [0.15, 0.2) is 24.3 Å². The van der Waals surface area contributed by atoms with Crippen molar-refractivity contribution >= 4 is 28.8 Å². The van der Waals surface area contributed by atoms with Gasteiger partial charge in [-0.25, -0.2) is 4.98 Å². The van der Waals surface area contributed by atoms with Crippen LogP contribution < -0.4 is 11.1 Å². The fraction of sp³-hybridized carbons (Fsp3) is 0.389. The van der Waals surface area contributed by atoms with Crippen molar-refractivity contribution in [3.05, 3.63) is 45.4 Å². The van der Waals surface area contributed by atoms with Gasteiger partial charge < -0.3 is 11.1 Å². The Morgan fingerprint density at radius 1 is 1.28 bits per heavy atom. The average Bonchev–Trinajstić information content (AvgIpc) is 2.90. The minimum atomic E-state index is -0.485. The van der Waals surface area contributed by atoms with Crippen LogP contribution in [0.3, 0.4) is 0 Å². The Kier molecular flexibility index (Phi) is 6.27. The molecule has 1 heterocycles. The maximum atomic E-state index is 12.1. The van der Waals surface area contributed by atoms with E-state index in [0.29, 0.717) is 24.2 Å². The second-order valence-corrected chi connectivity index (χ2v) is 7.48. The number of carbonyl (C=O) groups excluding carboxylic acids is 2. The van der Waals surface area contributed by atoms with E-state index in [9.17, 15) is 9.59 Å². The predicted molar refractivity (Wildman–Crippen MR) is 101 cm³/mol. The molecule has 134 valence electrons. The Bertz CT molecular complexity index is 755. The van der Waals surface area contributed by atoms with Crippen molar-refractivity contribution in [3.63, 3.8) is 0 Å². The summed E-state index contributed by atoms with van der Waals surface area (Å²) >= 11 is 1.69. The van der Waals surface area contributed by atoms with E-state index in [0.717, 1.165) is 10.7 Å². The number of nitrogens with two attached hydrogens (primary N) is 1. The van der Waals surface area contributed by atoms with Crippen molar-refractivity contribution in [2.24, 2.45) is 5.73 Å². The molecular formula is C18H24N4O2S. The third-order valence-corrected chi connectivity index (χ3v) is 5.04. The average molecular weight is 360 g/mol. The van der Waals surface area contributed by atoms with Gasteiger partial charge in [0.15, 0.2) is 0 Å². The molecule has 7 heteroatoms. The first-order valence-electron chi connectivity index (χ1n) is 8.11. The maximum absolute atomic E-state index is 12.1. The molecule has 0 aliphatic carbocycles. The fourth-order valence-corrected chi connectivity index (χ4v) is 3.46. The van der Waals surface area contributed by atoms with E-state index in [2.05, 4.69) is 29.0 Å². The van der Waals surface area contributed by atoms with Gasteiger partial charge in [0.05, 0.1) is 16.7 Å². The summed E-state index contributed by atoms with van der Waals surface area (Å²) in [4.78, 5) is 31.1. The summed E-state index contributed by atoms with van der Waals surface area (Å²) in [6.45, 7) is 6.81. The highest BCUT2D eigenvalue weighted by atomic mass is 32.1. The number of nitrogens with one attached hydrogen (secondary N) is 1. The Morgan fingerprint density at radius 3 is 2.44 bits per heavy atom. The minimum Gasteiger partial charge on any atom is -0.366 e. The summed E-state index contributed by atoms with van der Waals surface area (Å²) in [5.74, 6) is -0.557. The third-order valence-electron chi connectivity index (χ3n) is 4.14. The van der Waals surface area contributed by atoms with E-state index in [1.54, 1.807) is 35.6 Å². The zero-order valence-corrected chi connectivity index (χ0v) is 15.8. The molecule has 0 aliphatic heterocycles. The molecule has 0 unspecified atom stereocenters. The van der Waals surface area contributed by atoms with Gasteiger partial charge in [-0.05, 0) is 52.1 Å². The van der Waals surface area contributed by atoms with Crippen LogP contribution >= 0.6 is 11.3 Å². The van der Waals surface area contributed by atoms with Crippen molar-refractivity contribution in [2.75, 3.05) is 18.9 Å². The van der Waals surface area contributed by atoms with Gasteiger partial charge in [0.25, 0.3) is 0 Å². The van der Waals surface area contributed by atoms with Gasteiger partial charge in [-0.15, -0.1) is 11.3 Å². The number of carbonyl (C=O) groups is 2. The van der Waals surface area contributed by atoms with Crippen LogP contribution in [0.2, 0.25) is 0 Å². The number of rotatable bonds is 7. The molecule has 0 saturated heterocycles. The highest BCUT2D eigenvalue weighted by molar-refractivity contribution is 7.11. The normalized spacial score (nSPS) is 12.2. The van der Waals surface area contributed by atoms with E-state index in [-0.39, 0.29) is 11.9 Å². The summed E-state index contributed by atoms with van der Waals surface area (Å²) in [5, 5.41) is 3.89. The zero-order valence-electron chi connectivity index (χ0n) is 15.0. The monoisotopic (exact) mass is 360 g/mol. The van der Waals surface area contributed by atoms with Gasteiger partial charge in [0, 0.05) is 29.1 Å². The molecule has 3 N–H and O–H groups in total. The number of aromatic nitrogens is 1. The number of nitrogens with zero attached hydrogens (tertiary/aromatic N) is 2. The van der Waals surface area contributed by atoms with Crippen molar-refractivity contribution in [1.82, 2.24) is 9.88 Å². The molecule has 2 rings (SSSR count). The summed E-state index contributed by atoms with van der Waals surface area (Å²) in [7, 11) is 1.99. The number of amides is 2. The fourth-order valence-electron chi connectivity index (χ4n) is 2.55. The zero-order chi connectivity index (χ0) is 18.6. The number of primary amides is 1. The molecule has 0 radical (unpaired) electrons. The SMILES string of the molecule is Cc1nc([C@@H](C)N(C)CCC(=O)Nc2ccc(C(N)=O)cc2)c(C)s1. The van der Waals surface area contributed by atoms with E-state index in [1.807, 2.05) is 14.0 Å². The van der Waals surface area contributed by atoms with E-state index < -0.39 is 5.91 Å². The Hall–Kier alpha value is -2.25. The number of hydrogen-bond donors (Lipinski definition) is 2. The molecule has 0 saturated carbocycles. The van der Waals surface area contributed by atoms with Crippen LogP contribution in [0.5, 0.6) is 0 Å². The summed E-state index contributed by atoms with van der Waals surface area (Å²) in [6, 6.07) is 6.70. The van der Waals surface area contributed by atoms with E-state index >= 15 is 0 Å². The standard InChI is InChI=1S/C18H24N4O2S/c1-11(17-12(2)25-13(3)20-17)22(4)10-9-16(23)21-15-7-5-14(6-8-15)18(19)24/h5-8,11H,9-10H2,1-4H3,(H2,19,24)(H,21,23)/t11-/m1/s1. The molecule has 0 bridgehead atoms. The molecule has 6 nitrogen and oxygen atoms in total. The number of hydrogen-bond acceptors (Lipinski definition) is 5. The van der Waals surface area contributed by atoms with Crippen molar-refractivity contribution in [2.45, 2.75) is 33.2 Å². The lowest BCUT2D eigenvalue weighted by molar-refractivity contribution is -0.116. The van der Waals surface area contributed by atoms with Gasteiger partial charge in [-0.1, -0.05) is 0 Å². The van der Waals surface area contributed by atoms with Crippen LogP contribution in [0.25, 0.3) is 0 Å². The molecule has 1 atom stereocenters. The van der Waals surface area contributed by atoms with Crippen molar-refractivity contribution in [1.29, 1.82) is 0 Å². The molecule has 1 aromatic heterocycles. The number of thiazole rings is 1. The molecule has 0 aliphatic rings. The first-order chi connectivity index (χ1) is 11.8. The highest BCUT2D eigenvalue weighted by Gasteiger charge is 2.18. The lowest BCUT2D eigenvalue weighted by atomic mass is 10.2. The largest absolute Gasteiger partial charge is 0.366 e. The molecule has 1 aromatic carbocycles. The Labute approximate surface area is 152 Å². The van der Waals surface area contributed by atoms with Gasteiger partial charge in [-0.3, -0.25) is 14.5 Å². The molecular weight excluding hydrogens is 336 g/mol. The van der Waals surface area contributed by atoms with Gasteiger partial charge >= 0.3 is 0 Å². The Balaban J connectivity index is 1.86. The Morgan fingerprint density at radius 2 is 1.92 bits per heavy atom. The summed E-state index contributed by atoms with van der Waals surface area (Å²) < 4.78 is 0. The second-order valence-electron chi connectivity index (χ2n) is 6.07. The number of benzene rings is 1.